The zero-order valence-electron chi connectivity index (χ0n) is 11.9. The summed E-state index contributed by atoms with van der Waals surface area (Å²) in [6.45, 7) is 6.76. The molecule has 5 nitrogen and oxygen atoms in total. The van der Waals surface area contributed by atoms with E-state index >= 15 is 0 Å². The number of allylic oxidation sites excluding steroid dienone is 1. The summed E-state index contributed by atoms with van der Waals surface area (Å²) in [7, 11) is 0. The van der Waals surface area contributed by atoms with Crippen LogP contribution in [0, 0.1) is 0 Å². The third-order valence-corrected chi connectivity index (χ3v) is 5.23. The highest BCUT2D eigenvalue weighted by Gasteiger charge is 2.22. The van der Waals surface area contributed by atoms with Crippen molar-refractivity contribution in [2.45, 2.75) is 36.2 Å². The van der Waals surface area contributed by atoms with Crippen LogP contribution in [0.1, 0.15) is 30.3 Å². The van der Waals surface area contributed by atoms with Crippen molar-refractivity contribution in [3.63, 3.8) is 0 Å². The van der Waals surface area contributed by atoms with Gasteiger partial charge in [0.25, 0.3) is 0 Å². The lowest BCUT2D eigenvalue weighted by molar-refractivity contribution is 0.431. The first-order valence-corrected chi connectivity index (χ1v) is 9.06. The molecule has 0 unspecified atom stereocenters. The highest BCUT2D eigenvalue weighted by molar-refractivity contribution is 7.98. The van der Waals surface area contributed by atoms with E-state index in [1.165, 1.54) is 0 Å². The summed E-state index contributed by atoms with van der Waals surface area (Å²) in [6, 6.07) is 0. The summed E-state index contributed by atoms with van der Waals surface area (Å²) in [5, 5.41) is 15.3. The van der Waals surface area contributed by atoms with Crippen LogP contribution in [-0.4, -0.2) is 32.8 Å². The lowest BCUT2D eigenvalue weighted by atomic mass is 9.97. The van der Waals surface area contributed by atoms with Crippen LogP contribution in [0.2, 0.25) is 0 Å². The standard InChI is InChI=1S/C14H19N5S2/c1-2-7-19-13(11-3-5-15-6-4-11)17-18-14(19)21-9-12-8-20-10-16-12/h2,8,10-11,15H,1,3-7,9H2. The molecule has 2 aromatic heterocycles. The molecule has 3 rings (SSSR count). The Kier molecular flexibility index (Phi) is 5.05. The van der Waals surface area contributed by atoms with Gasteiger partial charge in [-0.3, -0.25) is 0 Å². The number of nitrogens with one attached hydrogen (secondary N) is 1. The maximum atomic E-state index is 4.46. The molecule has 0 radical (unpaired) electrons. The summed E-state index contributed by atoms with van der Waals surface area (Å²) >= 11 is 3.33. The van der Waals surface area contributed by atoms with E-state index in [4.69, 9.17) is 0 Å². The van der Waals surface area contributed by atoms with E-state index in [-0.39, 0.29) is 0 Å². The quantitative estimate of drug-likeness (QED) is 0.655. The van der Waals surface area contributed by atoms with Gasteiger partial charge in [-0.15, -0.1) is 28.1 Å². The van der Waals surface area contributed by atoms with Crippen LogP contribution in [0.3, 0.4) is 0 Å². The molecule has 3 heterocycles. The van der Waals surface area contributed by atoms with Gasteiger partial charge in [-0.2, -0.15) is 0 Å². The van der Waals surface area contributed by atoms with Gasteiger partial charge < -0.3 is 9.88 Å². The summed E-state index contributed by atoms with van der Waals surface area (Å²) in [5.74, 6) is 2.45. The number of piperidine rings is 1. The predicted molar refractivity (Wildman–Crippen MR) is 86.7 cm³/mol. The van der Waals surface area contributed by atoms with Crippen molar-refractivity contribution in [1.29, 1.82) is 0 Å². The zero-order chi connectivity index (χ0) is 14.5. The van der Waals surface area contributed by atoms with Gasteiger partial charge >= 0.3 is 0 Å². The van der Waals surface area contributed by atoms with Gasteiger partial charge in [0.1, 0.15) is 5.82 Å². The van der Waals surface area contributed by atoms with Crippen molar-refractivity contribution in [2.75, 3.05) is 13.1 Å². The van der Waals surface area contributed by atoms with Crippen molar-refractivity contribution >= 4 is 23.1 Å². The van der Waals surface area contributed by atoms with Crippen LogP contribution in [0.25, 0.3) is 0 Å². The van der Waals surface area contributed by atoms with Gasteiger partial charge in [0, 0.05) is 23.6 Å². The minimum atomic E-state index is 0.507. The van der Waals surface area contributed by atoms with Gasteiger partial charge in [0.05, 0.1) is 11.2 Å². The van der Waals surface area contributed by atoms with Crippen LogP contribution in [-0.2, 0) is 12.3 Å². The summed E-state index contributed by atoms with van der Waals surface area (Å²) < 4.78 is 2.21. The third-order valence-electron chi connectivity index (χ3n) is 3.59. The number of thiazole rings is 1. The van der Waals surface area contributed by atoms with Crippen molar-refractivity contribution in [3.05, 3.63) is 35.1 Å². The summed E-state index contributed by atoms with van der Waals surface area (Å²) in [6.07, 6.45) is 4.18. The fourth-order valence-corrected chi connectivity index (χ4v) is 4.06. The Balaban J connectivity index is 1.76. The van der Waals surface area contributed by atoms with E-state index in [0.29, 0.717) is 5.92 Å². The van der Waals surface area contributed by atoms with Crippen molar-refractivity contribution in [3.8, 4) is 0 Å². The molecule has 0 aromatic carbocycles. The van der Waals surface area contributed by atoms with Gasteiger partial charge in [0.2, 0.25) is 0 Å². The molecule has 0 saturated carbocycles. The fourth-order valence-electron chi connectivity index (χ4n) is 2.54. The number of hydrogen-bond acceptors (Lipinski definition) is 6. The van der Waals surface area contributed by atoms with E-state index in [0.717, 1.165) is 54.9 Å². The number of nitrogens with zero attached hydrogens (tertiary/aromatic N) is 4. The maximum Gasteiger partial charge on any atom is 0.191 e. The molecule has 0 bridgehead atoms. The summed E-state index contributed by atoms with van der Waals surface area (Å²) in [5.41, 5.74) is 2.96. The largest absolute Gasteiger partial charge is 0.317 e. The van der Waals surface area contributed by atoms with Crippen LogP contribution >= 0.6 is 23.1 Å². The molecule has 1 fully saturated rings. The molecule has 0 atom stereocenters. The van der Waals surface area contributed by atoms with Crippen LogP contribution in [0.4, 0.5) is 0 Å². The average molecular weight is 321 g/mol. The van der Waals surface area contributed by atoms with Gasteiger partial charge in [-0.25, -0.2) is 4.98 Å². The molecule has 0 aliphatic carbocycles. The Morgan fingerprint density at radius 3 is 3.00 bits per heavy atom. The Bertz CT molecular complexity index is 572. The Hall–Kier alpha value is -1.18. The molecule has 1 N–H and O–H groups in total. The van der Waals surface area contributed by atoms with Crippen LogP contribution in [0.15, 0.2) is 28.7 Å². The van der Waals surface area contributed by atoms with E-state index < -0.39 is 0 Å². The number of hydrogen-bond donors (Lipinski definition) is 1. The Morgan fingerprint density at radius 1 is 1.43 bits per heavy atom. The molecule has 112 valence electrons. The molecule has 21 heavy (non-hydrogen) atoms. The van der Waals surface area contributed by atoms with Crippen LogP contribution in [0.5, 0.6) is 0 Å². The molecular weight excluding hydrogens is 302 g/mol. The Labute approximate surface area is 132 Å². The second-order valence-corrected chi connectivity index (χ2v) is 6.69. The lowest BCUT2D eigenvalue weighted by Gasteiger charge is -2.22. The zero-order valence-corrected chi connectivity index (χ0v) is 13.5. The van der Waals surface area contributed by atoms with E-state index in [2.05, 4.69) is 37.0 Å². The van der Waals surface area contributed by atoms with Crippen molar-refractivity contribution in [1.82, 2.24) is 25.1 Å². The molecular formula is C14H19N5S2. The predicted octanol–water partition coefficient (Wildman–Crippen LogP) is 2.68. The highest BCUT2D eigenvalue weighted by atomic mass is 32.2. The van der Waals surface area contributed by atoms with Gasteiger partial charge in [-0.1, -0.05) is 17.8 Å². The normalized spacial score (nSPS) is 16.2. The van der Waals surface area contributed by atoms with E-state index in [1.54, 1.807) is 23.1 Å². The first kappa shape index (κ1) is 14.7. The summed E-state index contributed by atoms with van der Waals surface area (Å²) in [4.78, 5) is 4.32. The van der Waals surface area contributed by atoms with Crippen LogP contribution < -0.4 is 5.32 Å². The third kappa shape index (κ3) is 3.53. The van der Waals surface area contributed by atoms with Gasteiger partial charge in [-0.05, 0) is 25.9 Å². The van der Waals surface area contributed by atoms with Crippen molar-refractivity contribution < 1.29 is 0 Å². The van der Waals surface area contributed by atoms with Gasteiger partial charge in [0.15, 0.2) is 5.16 Å². The SMILES string of the molecule is C=CCn1c(SCc2cscn2)nnc1C1CCNCC1. The molecule has 2 aromatic rings. The maximum absolute atomic E-state index is 4.46. The van der Waals surface area contributed by atoms with E-state index in [9.17, 15) is 0 Å². The monoisotopic (exact) mass is 321 g/mol. The lowest BCUT2D eigenvalue weighted by Crippen LogP contribution is -2.28. The smallest absolute Gasteiger partial charge is 0.191 e. The first-order chi connectivity index (χ1) is 10.4. The highest BCUT2D eigenvalue weighted by Crippen LogP contribution is 2.28. The molecule has 1 aliphatic rings. The minimum absolute atomic E-state index is 0.507. The number of aromatic nitrogens is 4. The molecule has 0 amide bonds. The molecule has 0 spiro atoms. The topological polar surface area (TPSA) is 55.6 Å². The molecule has 7 heteroatoms. The number of rotatable bonds is 6. The molecule has 1 aliphatic heterocycles. The minimum Gasteiger partial charge on any atom is -0.317 e. The van der Waals surface area contributed by atoms with Crippen molar-refractivity contribution in [2.24, 2.45) is 0 Å². The van der Waals surface area contributed by atoms with E-state index in [1.807, 2.05) is 11.6 Å². The second-order valence-electron chi connectivity index (χ2n) is 5.03. The fraction of sp³-hybridized carbons (Fsp3) is 0.500. The Morgan fingerprint density at radius 2 is 2.29 bits per heavy atom. The average Bonchev–Trinajstić information content (AvgIpc) is 3.16. The first-order valence-electron chi connectivity index (χ1n) is 7.13. The number of thioether (sulfide) groups is 1. The second kappa shape index (κ2) is 7.20. The molecule has 1 saturated heterocycles.